The van der Waals surface area contributed by atoms with E-state index in [0.717, 1.165) is 4.47 Å². The van der Waals surface area contributed by atoms with E-state index >= 15 is 0 Å². The number of rotatable bonds is 1. The molecule has 0 atom stereocenters. The minimum atomic E-state index is -0.125. The Bertz CT molecular complexity index is 768. The molecular formula is C13H8BrN3O. The fraction of sp³-hybridized carbons (Fsp3) is 0. The smallest absolute Gasteiger partial charge is 0.267 e. The maximum Gasteiger partial charge on any atom is 0.267 e. The van der Waals surface area contributed by atoms with Crippen LogP contribution < -0.4 is 5.56 Å². The van der Waals surface area contributed by atoms with Crippen molar-refractivity contribution < 1.29 is 0 Å². The van der Waals surface area contributed by atoms with E-state index in [1.54, 1.807) is 24.4 Å². The Morgan fingerprint density at radius 2 is 2.00 bits per heavy atom. The Balaban J connectivity index is 2.33. The summed E-state index contributed by atoms with van der Waals surface area (Å²) >= 11 is 3.36. The molecule has 18 heavy (non-hydrogen) atoms. The molecule has 0 fully saturated rings. The molecule has 0 bridgehead atoms. The van der Waals surface area contributed by atoms with Gasteiger partial charge >= 0.3 is 0 Å². The number of halogens is 1. The minimum Gasteiger partial charge on any atom is -0.268 e. The number of hydrogen-bond acceptors (Lipinski definition) is 3. The van der Waals surface area contributed by atoms with Gasteiger partial charge in [-0.1, -0.05) is 22.0 Å². The van der Waals surface area contributed by atoms with Crippen molar-refractivity contribution >= 4 is 26.8 Å². The molecule has 3 rings (SSSR count). The molecule has 0 N–H and O–H groups in total. The van der Waals surface area contributed by atoms with E-state index < -0.39 is 0 Å². The van der Waals surface area contributed by atoms with Crippen LogP contribution in [-0.2, 0) is 0 Å². The molecule has 1 aromatic carbocycles. The summed E-state index contributed by atoms with van der Waals surface area (Å²) in [5.74, 6) is 0.567. The van der Waals surface area contributed by atoms with Gasteiger partial charge in [0.15, 0.2) is 0 Å². The van der Waals surface area contributed by atoms with Crippen LogP contribution in [-0.4, -0.2) is 14.5 Å². The second-order valence-electron chi connectivity index (χ2n) is 3.77. The van der Waals surface area contributed by atoms with E-state index in [2.05, 4.69) is 25.9 Å². The van der Waals surface area contributed by atoms with E-state index in [4.69, 9.17) is 0 Å². The summed E-state index contributed by atoms with van der Waals surface area (Å²) in [6.45, 7) is 0. The summed E-state index contributed by atoms with van der Waals surface area (Å²) in [5.41, 5.74) is 0.551. The summed E-state index contributed by atoms with van der Waals surface area (Å²) in [6, 6.07) is 10.8. The van der Waals surface area contributed by atoms with E-state index in [9.17, 15) is 4.79 Å². The molecule has 0 saturated carbocycles. The molecule has 3 aromatic rings. The predicted octanol–water partition coefficient (Wildman–Crippen LogP) is 2.54. The molecule has 0 saturated heterocycles. The lowest BCUT2D eigenvalue weighted by atomic mass is 10.2. The highest BCUT2D eigenvalue weighted by Crippen LogP contribution is 2.15. The van der Waals surface area contributed by atoms with Gasteiger partial charge in [0.2, 0.25) is 0 Å². The van der Waals surface area contributed by atoms with Crippen LogP contribution in [0, 0.1) is 0 Å². The van der Waals surface area contributed by atoms with Gasteiger partial charge in [-0.05, 0) is 30.3 Å². The number of benzene rings is 1. The van der Waals surface area contributed by atoms with Crippen molar-refractivity contribution in [2.75, 3.05) is 0 Å². The number of aromatic nitrogens is 3. The van der Waals surface area contributed by atoms with Crippen LogP contribution in [0.1, 0.15) is 0 Å². The quantitative estimate of drug-likeness (QED) is 0.694. The van der Waals surface area contributed by atoms with Gasteiger partial charge in [-0.15, -0.1) is 0 Å². The van der Waals surface area contributed by atoms with Gasteiger partial charge < -0.3 is 0 Å². The zero-order chi connectivity index (χ0) is 12.5. The van der Waals surface area contributed by atoms with Gasteiger partial charge in [-0.25, -0.2) is 9.97 Å². The highest BCUT2D eigenvalue weighted by Gasteiger charge is 2.06. The first-order valence-electron chi connectivity index (χ1n) is 5.34. The standard InChI is InChI=1S/C13H8BrN3O/c14-9-4-5-11-10(7-9)13(18)17(8-16-11)12-3-1-2-6-15-12/h1-8H. The normalized spacial score (nSPS) is 10.7. The molecule has 2 heterocycles. The van der Waals surface area contributed by atoms with Gasteiger partial charge in [0.25, 0.3) is 5.56 Å². The lowest BCUT2D eigenvalue weighted by molar-refractivity contribution is 0.920. The summed E-state index contributed by atoms with van der Waals surface area (Å²) in [7, 11) is 0. The van der Waals surface area contributed by atoms with E-state index in [1.165, 1.54) is 10.9 Å². The second-order valence-corrected chi connectivity index (χ2v) is 4.68. The van der Waals surface area contributed by atoms with Crippen LogP contribution >= 0.6 is 15.9 Å². The Labute approximate surface area is 111 Å². The molecule has 4 nitrogen and oxygen atoms in total. The van der Waals surface area contributed by atoms with Crippen molar-refractivity contribution in [1.29, 1.82) is 0 Å². The van der Waals surface area contributed by atoms with Gasteiger partial charge in [-0.3, -0.25) is 9.36 Å². The van der Waals surface area contributed by atoms with Crippen LogP contribution in [0.5, 0.6) is 0 Å². The van der Waals surface area contributed by atoms with E-state index in [-0.39, 0.29) is 5.56 Å². The predicted molar refractivity (Wildman–Crippen MR) is 72.8 cm³/mol. The highest BCUT2D eigenvalue weighted by molar-refractivity contribution is 9.10. The summed E-state index contributed by atoms with van der Waals surface area (Å²) in [5, 5.41) is 0.567. The van der Waals surface area contributed by atoms with Gasteiger partial charge in [-0.2, -0.15) is 0 Å². The Morgan fingerprint density at radius 3 is 2.78 bits per heavy atom. The van der Waals surface area contributed by atoms with Crippen molar-refractivity contribution in [2.45, 2.75) is 0 Å². The lowest BCUT2D eigenvalue weighted by Crippen LogP contribution is -2.19. The molecule has 5 heteroatoms. The number of nitrogens with zero attached hydrogens (tertiary/aromatic N) is 3. The van der Waals surface area contributed by atoms with E-state index in [1.807, 2.05) is 18.2 Å². The number of pyridine rings is 1. The van der Waals surface area contributed by atoms with Crippen LogP contribution in [0.15, 0.2) is 58.2 Å². The molecule has 0 aliphatic carbocycles. The third kappa shape index (κ3) is 1.82. The maximum atomic E-state index is 12.3. The monoisotopic (exact) mass is 301 g/mol. The molecule has 0 aliphatic rings. The van der Waals surface area contributed by atoms with Crippen molar-refractivity contribution in [3.63, 3.8) is 0 Å². The zero-order valence-corrected chi connectivity index (χ0v) is 10.8. The molecule has 0 amide bonds. The highest BCUT2D eigenvalue weighted by atomic mass is 79.9. The topological polar surface area (TPSA) is 47.8 Å². The number of fused-ring (bicyclic) bond motifs is 1. The second kappa shape index (κ2) is 4.34. The molecule has 0 radical (unpaired) electrons. The van der Waals surface area contributed by atoms with E-state index in [0.29, 0.717) is 16.7 Å². The largest absolute Gasteiger partial charge is 0.268 e. The molecule has 2 aromatic heterocycles. The first kappa shape index (κ1) is 11.1. The molecule has 88 valence electrons. The molecular weight excluding hydrogens is 294 g/mol. The zero-order valence-electron chi connectivity index (χ0n) is 9.25. The first-order valence-corrected chi connectivity index (χ1v) is 6.13. The molecule has 0 unspecified atom stereocenters. The fourth-order valence-corrected chi connectivity index (χ4v) is 2.11. The Kier molecular flexibility index (Phi) is 2.68. The van der Waals surface area contributed by atoms with Crippen molar-refractivity contribution in [2.24, 2.45) is 0 Å². The first-order chi connectivity index (χ1) is 8.75. The van der Waals surface area contributed by atoms with Gasteiger partial charge in [0.05, 0.1) is 10.9 Å². The Hall–Kier alpha value is -2.01. The van der Waals surface area contributed by atoms with Gasteiger partial charge in [0.1, 0.15) is 12.1 Å². The lowest BCUT2D eigenvalue weighted by Gasteiger charge is -2.05. The molecule has 0 spiro atoms. The summed E-state index contributed by atoms with van der Waals surface area (Å²) in [6.07, 6.45) is 3.15. The third-order valence-electron chi connectivity index (χ3n) is 2.62. The minimum absolute atomic E-state index is 0.125. The molecule has 0 aliphatic heterocycles. The van der Waals surface area contributed by atoms with Crippen LogP contribution in [0.25, 0.3) is 16.7 Å². The Morgan fingerprint density at radius 1 is 1.11 bits per heavy atom. The number of hydrogen-bond donors (Lipinski definition) is 0. The average molecular weight is 302 g/mol. The van der Waals surface area contributed by atoms with Crippen molar-refractivity contribution in [3.05, 3.63) is 63.7 Å². The summed E-state index contributed by atoms with van der Waals surface area (Å²) in [4.78, 5) is 20.8. The SMILES string of the molecule is O=c1c2cc(Br)ccc2ncn1-c1ccccn1. The fourth-order valence-electron chi connectivity index (χ4n) is 1.75. The van der Waals surface area contributed by atoms with Crippen LogP contribution in [0.3, 0.4) is 0 Å². The van der Waals surface area contributed by atoms with Gasteiger partial charge in [0, 0.05) is 10.7 Å². The van der Waals surface area contributed by atoms with Crippen LogP contribution in [0.4, 0.5) is 0 Å². The average Bonchev–Trinajstić information content (AvgIpc) is 2.41. The van der Waals surface area contributed by atoms with Crippen molar-refractivity contribution in [3.8, 4) is 5.82 Å². The van der Waals surface area contributed by atoms with Crippen LogP contribution in [0.2, 0.25) is 0 Å². The summed E-state index contributed by atoms with van der Waals surface area (Å²) < 4.78 is 2.29. The maximum absolute atomic E-state index is 12.3. The third-order valence-corrected chi connectivity index (χ3v) is 3.11. The van der Waals surface area contributed by atoms with Crippen molar-refractivity contribution in [1.82, 2.24) is 14.5 Å².